The van der Waals surface area contributed by atoms with E-state index in [4.69, 9.17) is 4.74 Å². The number of carbonyl (C=O) groups excluding carboxylic acids is 1. The highest BCUT2D eigenvalue weighted by Gasteiger charge is 2.16. The summed E-state index contributed by atoms with van der Waals surface area (Å²) in [6, 6.07) is 9.11. The van der Waals surface area contributed by atoms with Gasteiger partial charge in [-0.15, -0.1) is 0 Å². The Morgan fingerprint density at radius 2 is 2.20 bits per heavy atom. The lowest BCUT2D eigenvalue weighted by Crippen LogP contribution is -2.16. The van der Waals surface area contributed by atoms with Crippen molar-refractivity contribution in [3.63, 3.8) is 0 Å². The largest absolute Gasteiger partial charge is 0.462 e. The summed E-state index contributed by atoms with van der Waals surface area (Å²) >= 11 is 0. The van der Waals surface area contributed by atoms with Crippen LogP contribution in [0.2, 0.25) is 0 Å². The second-order valence-electron chi connectivity index (χ2n) is 3.82. The zero-order chi connectivity index (χ0) is 10.5. The summed E-state index contributed by atoms with van der Waals surface area (Å²) < 4.78 is 5.23. The maximum Gasteiger partial charge on any atom is 0.338 e. The fraction of sp³-hybridized carbons (Fsp3) is 0.417. The number of ether oxygens (including phenoxy) is 1. The first kappa shape index (κ1) is 10.2. The topological polar surface area (TPSA) is 38.3 Å². The standard InChI is InChI=1S/C12H15NO2/c14-12(11-4-2-1-3-5-11)15-9-10-6-7-13-8-10/h1-5,10,13H,6-9H2. The van der Waals surface area contributed by atoms with E-state index in [2.05, 4.69) is 5.32 Å². The second-order valence-corrected chi connectivity index (χ2v) is 3.82. The van der Waals surface area contributed by atoms with Gasteiger partial charge in [-0.1, -0.05) is 18.2 Å². The number of benzene rings is 1. The van der Waals surface area contributed by atoms with Crippen molar-refractivity contribution < 1.29 is 9.53 Å². The van der Waals surface area contributed by atoms with Crippen molar-refractivity contribution in [1.29, 1.82) is 0 Å². The van der Waals surface area contributed by atoms with Crippen molar-refractivity contribution in [3.05, 3.63) is 35.9 Å². The molecule has 1 atom stereocenters. The SMILES string of the molecule is O=C(OCC1CCNC1)c1ccccc1. The van der Waals surface area contributed by atoms with Crippen LogP contribution in [-0.4, -0.2) is 25.7 Å². The van der Waals surface area contributed by atoms with Crippen molar-refractivity contribution >= 4 is 5.97 Å². The lowest BCUT2D eigenvalue weighted by atomic mass is 10.1. The third-order valence-corrected chi connectivity index (χ3v) is 2.62. The molecule has 15 heavy (non-hydrogen) atoms. The molecule has 3 nitrogen and oxygen atoms in total. The van der Waals surface area contributed by atoms with Gasteiger partial charge in [-0.2, -0.15) is 0 Å². The summed E-state index contributed by atoms with van der Waals surface area (Å²) in [5, 5.41) is 3.24. The summed E-state index contributed by atoms with van der Waals surface area (Å²) in [5.41, 5.74) is 0.628. The molecule has 0 bridgehead atoms. The Kier molecular flexibility index (Phi) is 3.35. The van der Waals surface area contributed by atoms with Crippen LogP contribution >= 0.6 is 0 Å². The molecular formula is C12H15NO2. The first-order chi connectivity index (χ1) is 7.36. The van der Waals surface area contributed by atoms with E-state index in [-0.39, 0.29) is 5.97 Å². The molecule has 0 spiro atoms. The van der Waals surface area contributed by atoms with Gasteiger partial charge in [0.25, 0.3) is 0 Å². The van der Waals surface area contributed by atoms with Crippen molar-refractivity contribution in [2.45, 2.75) is 6.42 Å². The van der Waals surface area contributed by atoms with Gasteiger partial charge < -0.3 is 10.1 Å². The monoisotopic (exact) mass is 205 g/mol. The Morgan fingerprint density at radius 1 is 1.40 bits per heavy atom. The molecule has 1 N–H and O–H groups in total. The highest BCUT2D eigenvalue weighted by atomic mass is 16.5. The molecule has 0 saturated carbocycles. The maximum atomic E-state index is 11.6. The minimum atomic E-state index is -0.220. The molecular weight excluding hydrogens is 190 g/mol. The van der Waals surface area contributed by atoms with Crippen LogP contribution in [0.1, 0.15) is 16.8 Å². The third-order valence-electron chi connectivity index (χ3n) is 2.62. The predicted molar refractivity (Wildman–Crippen MR) is 57.7 cm³/mol. The van der Waals surface area contributed by atoms with Gasteiger partial charge in [0.15, 0.2) is 0 Å². The molecule has 1 aromatic rings. The van der Waals surface area contributed by atoms with Gasteiger partial charge in [0.05, 0.1) is 12.2 Å². The Hall–Kier alpha value is -1.35. The fourth-order valence-electron chi connectivity index (χ4n) is 1.71. The summed E-state index contributed by atoms with van der Waals surface area (Å²) in [6.07, 6.45) is 1.10. The van der Waals surface area contributed by atoms with E-state index < -0.39 is 0 Å². The first-order valence-corrected chi connectivity index (χ1v) is 5.29. The molecule has 0 aromatic heterocycles. The fourth-order valence-corrected chi connectivity index (χ4v) is 1.71. The van der Waals surface area contributed by atoms with Crippen LogP contribution in [0.5, 0.6) is 0 Å². The number of hydrogen-bond donors (Lipinski definition) is 1. The normalized spacial score (nSPS) is 20.1. The van der Waals surface area contributed by atoms with E-state index in [1.54, 1.807) is 12.1 Å². The number of esters is 1. The molecule has 80 valence electrons. The van der Waals surface area contributed by atoms with Crippen LogP contribution in [0.3, 0.4) is 0 Å². The van der Waals surface area contributed by atoms with E-state index in [0.717, 1.165) is 19.5 Å². The highest BCUT2D eigenvalue weighted by Crippen LogP contribution is 2.09. The van der Waals surface area contributed by atoms with Crippen LogP contribution in [0.25, 0.3) is 0 Å². The summed E-state index contributed by atoms with van der Waals surface area (Å²) in [6.45, 7) is 2.52. The van der Waals surface area contributed by atoms with Gasteiger partial charge in [0.2, 0.25) is 0 Å². The number of carbonyl (C=O) groups is 1. The number of rotatable bonds is 3. The Labute approximate surface area is 89.4 Å². The molecule has 1 unspecified atom stereocenters. The van der Waals surface area contributed by atoms with Crippen molar-refractivity contribution in [2.75, 3.05) is 19.7 Å². The van der Waals surface area contributed by atoms with Crippen molar-refractivity contribution in [3.8, 4) is 0 Å². The summed E-state index contributed by atoms with van der Waals surface area (Å²) in [5.74, 6) is 0.264. The number of hydrogen-bond acceptors (Lipinski definition) is 3. The maximum absolute atomic E-state index is 11.6. The summed E-state index contributed by atoms with van der Waals surface area (Å²) in [7, 11) is 0. The minimum absolute atomic E-state index is 0.220. The van der Waals surface area contributed by atoms with Crippen LogP contribution in [-0.2, 0) is 4.74 Å². The molecule has 1 aromatic carbocycles. The van der Waals surface area contributed by atoms with Gasteiger partial charge in [0.1, 0.15) is 0 Å². The first-order valence-electron chi connectivity index (χ1n) is 5.29. The zero-order valence-electron chi connectivity index (χ0n) is 8.61. The predicted octanol–water partition coefficient (Wildman–Crippen LogP) is 1.45. The minimum Gasteiger partial charge on any atom is -0.462 e. The third kappa shape index (κ3) is 2.80. The van der Waals surface area contributed by atoms with Crippen LogP contribution < -0.4 is 5.32 Å². The average Bonchev–Trinajstić information content (AvgIpc) is 2.80. The van der Waals surface area contributed by atoms with Gasteiger partial charge >= 0.3 is 5.97 Å². The van der Waals surface area contributed by atoms with E-state index in [9.17, 15) is 4.79 Å². The molecule has 1 saturated heterocycles. The van der Waals surface area contributed by atoms with Crippen molar-refractivity contribution in [2.24, 2.45) is 5.92 Å². The molecule has 3 heteroatoms. The smallest absolute Gasteiger partial charge is 0.338 e. The molecule has 1 aliphatic rings. The van der Waals surface area contributed by atoms with E-state index in [0.29, 0.717) is 18.1 Å². The van der Waals surface area contributed by atoms with Crippen LogP contribution in [0, 0.1) is 5.92 Å². The van der Waals surface area contributed by atoms with Gasteiger partial charge in [-0.05, 0) is 25.1 Å². The lowest BCUT2D eigenvalue weighted by Gasteiger charge is -2.09. The Bertz CT molecular complexity index is 318. The quantitative estimate of drug-likeness (QED) is 0.759. The molecule has 1 fully saturated rings. The van der Waals surface area contributed by atoms with Crippen LogP contribution in [0.4, 0.5) is 0 Å². The Balaban J connectivity index is 1.82. The van der Waals surface area contributed by atoms with E-state index in [1.807, 2.05) is 18.2 Å². The Morgan fingerprint density at radius 3 is 2.87 bits per heavy atom. The van der Waals surface area contributed by atoms with Crippen molar-refractivity contribution in [1.82, 2.24) is 5.32 Å². The average molecular weight is 205 g/mol. The molecule has 1 heterocycles. The molecule has 1 aliphatic heterocycles. The molecule has 2 rings (SSSR count). The van der Waals surface area contributed by atoms with E-state index >= 15 is 0 Å². The molecule has 0 amide bonds. The van der Waals surface area contributed by atoms with E-state index in [1.165, 1.54) is 0 Å². The summed E-state index contributed by atoms with van der Waals surface area (Å²) in [4.78, 5) is 11.6. The highest BCUT2D eigenvalue weighted by molar-refractivity contribution is 5.89. The van der Waals surface area contributed by atoms with Gasteiger partial charge in [-0.3, -0.25) is 0 Å². The van der Waals surface area contributed by atoms with Gasteiger partial charge in [-0.25, -0.2) is 4.79 Å². The zero-order valence-corrected chi connectivity index (χ0v) is 8.61. The molecule has 0 aliphatic carbocycles. The number of nitrogens with one attached hydrogen (secondary N) is 1. The molecule has 0 radical (unpaired) electrons. The van der Waals surface area contributed by atoms with Gasteiger partial charge in [0, 0.05) is 12.5 Å². The second kappa shape index (κ2) is 4.94. The van der Waals surface area contributed by atoms with Crippen LogP contribution in [0.15, 0.2) is 30.3 Å². The lowest BCUT2D eigenvalue weighted by molar-refractivity contribution is 0.0450.